The Hall–Kier alpha value is -2.16. The van der Waals surface area contributed by atoms with E-state index >= 15 is 0 Å². The van der Waals surface area contributed by atoms with Crippen LogP contribution in [0.15, 0.2) is 48.9 Å². The molecule has 3 nitrogen and oxygen atoms in total. The van der Waals surface area contributed by atoms with Crippen LogP contribution in [0.1, 0.15) is 43.6 Å². The molecule has 0 amide bonds. The molecule has 1 aliphatic rings. The van der Waals surface area contributed by atoms with Gasteiger partial charge in [-0.3, -0.25) is 0 Å². The number of rotatable bonds is 2. The minimum absolute atomic E-state index is 0.763. The number of hydrogen-bond donors (Lipinski definition) is 0. The Kier molecular flexibility index (Phi) is 3.18. The average Bonchev–Trinajstić information content (AvgIpc) is 3.03. The highest BCUT2D eigenvalue weighted by atomic mass is 15.2. The maximum absolute atomic E-state index is 4.43. The van der Waals surface area contributed by atoms with E-state index in [0.29, 0.717) is 0 Å². The van der Waals surface area contributed by atoms with Crippen molar-refractivity contribution in [2.75, 3.05) is 0 Å². The van der Waals surface area contributed by atoms with Crippen LogP contribution < -0.4 is 0 Å². The molecule has 3 heteroatoms. The molecule has 1 saturated carbocycles. The summed E-state index contributed by atoms with van der Waals surface area (Å²) in [7, 11) is 0. The number of fused-ring (bicyclic) bond motifs is 1. The molecule has 1 aromatic carbocycles. The predicted molar refractivity (Wildman–Crippen MR) is 84.2 cm³/mol. The summed E-state index contributed by atoms with van der Waals surface area (Å²) in [6.45, 7) is 0. The molecule has 1 aliphatic carbocycles. The van der Waals surface area contributed by atoms with Gasteiger partial charge in [-0.25, -0.2) is 9.50 Å². The van der Waals surface area contributed by atoms with Crippen molar-refractivity contribution in [1.82, 2.24) is 14.6 Å². The van der Waals surface area contributed by atoms with Crippen molar-refractivity contribution in [3.63, 3.8) is 0 Å². The van der Waals surface area contributed by atoms with Gasteiger partial charge in [0.2, 0.25) is 0 Å². The Morgan fingerprint density at radius 1 is 0.905 bits per heavy atom. The summed E-state index contributed by atoms with van der Waals surface area (Å²) in [6.07, 6.45) is 12.6. The van der Waals surface area contributed by atoms with Crippen molar-refractivity contribution in [2.45, 2.75) is 38.0 Å². The van der Waals surface area contributed by atoms with Crippen molar-refractivity contribution in [2.24, 2.45) is 0 Å². The smallest absolute Gasteiger partial charge is 0.154 e. The van der Waals surface area contributed by atoms with Crippen molar-refractivity contribution < 1.29 is 0 Å². The second-order valence-electron chi connectivity index (χ2n) is 5.93. The molecule has 0 aliphatic heterocycles. The zero-order valence-electron chi connectivity index (χ0n) is 12.1. The second-order valence-corrected chi connectivity index (χ2v) is 5.93. The minimum atomic E-state index is 0.763. The average molecular weight is 277 g/mol. The third-order valence-corrected chi connectivity index (χ3v) is 4.57. The Bertz CT molecular complexity index is 737. The summed E-state index contributed by atoms with van der Waals surface area (Å²) < 4.78 is 1.82. The van der Waals surface area contributed by atoms with Gasteiger partial charge in [0.1, 0.15) is 0 Å². The van der Waals surface area contributed by atoms with Crippen LogP contribution in [0, 0.1) is 0 Å². The van der Waals surface area contributed by atoms with Crippen LogP contribution in [0.4, 0.5) is 0 Å². The number of nitrogens with zero attached hydrogens (tertiary/aromatic N) is 3. The van der Waals surface area contributed by atoms with Crippen molar-refractivity contribution in [1.29, 1.82) is 0 Å². The predicted octanol–water partition coefficient (Wildman–Crippen LogP) is 4.44. The van der Waals surface area contributed by atoms with Gasteiger partial charge in [0, 0.05) is 24.0 Å². The maximum atomic E-state index is 4.43. The molecule has 3 aromatic rings. The second kappa shape index (κ2) is 5.32. The van der Waals surface area contributed by atoms with E-state index in [-0.39, 0.29) is 0 Å². The van der Waals surface area contributed by atoms with Crippen LogP contribution in [-0.4, -0.2) is 14.6 Å². The molecule has 0 spiro atoms. The van der Waals surface area contributed by atoms with Crippen LogP contribution in [-0.2, 0) is 0 Å². The minimum Gasteiger partial charge on any atom is -0.236 e. The third kappa shape index (κ3) is 2.44. The lowest BCUT2D eigenvalue weighted by Gasteiger charge is -2.22. The van der Waals surface area contributed by atoms with Crippen LogP contribution in [0.2, 0.25) is 0 Å². The van der Waals surface area contributed by atoms with Gasteiger partial charge < -0.3 is 0 Å². The molecule has 0 radical (unpaired) electrons. The fraction of sp³-hybridized carbons (Fsp3) is 0.333. The number of hydrogen-bond acceptors (Lipinski definition) is 2. The molecule has 0 atom stereocenters. The summed E-state index contributed by atoms with van der Waals surface area (Å²) in [4.78, 5) is 4.43. The first-order valence-electron chi connectivity index (χ1n) is 7.80. The monoisotopic (exact) mass is 277 g/mol. The van der Waals surface area contributed by atoms with Crippen LogP contribution in [0.3, 0.4) is 0 Å². The van der Waals surface area contributed by atoms with Gasteiger partial charge in [0.15, 0.2) is 5.65 Å². The van der Waals surface area contributed by atoms with Gasteiger partial charge in [0.05, 0.1) is 6.20 Å². The van der Waals surface area contributed by atoms with Gasteiger partial charge in [0.25, 0.3) is 0 Å². The summed E-state index contributed by atoms with van der Waals surface area (Å²) in [5.41, 5.74) is 4.70. The molecule has 0 bridgehead atoms. The highest BCUT2D eigenvalue weighted by molar-refractivity contribution is 5.63. The molecule has 0 unspecified atom stereocenters. The van der Waals surface area contributed by atoms with Crippen molar-refractivity contribution in [3.8, 4) is 11.1 Å². The van der Waals surface area contributed by atoms with Gasteiger partial charge in [-0.15, -0.1) is 0 Å². The highest BCUT2D eigenvalue weighted by Gasteiger charge is 2.15. The molecule has 0 N–H and O–H groups in total. The number of aromatic nitrogens is 3. The first kappa shape index (κ1) is 12.6. The van der Waals surface area contributed by atoms with Crippen LogP contribution >= 0.6 is 0 Å². The Balaban J connectivity index is 1.62. The van der Waals surface area contributed by atoms with Gasteiger partial charge >= 0.3 is 0 Å². The van der Waals surface area contributed by atoms with E-state index in [1.807, 2.05) is 23.0 Å². The molecular formula is C18H19N3. The van der Waals surface area contributed by atoms with Gasteiger partial charge in [-0.05, 0) is 29.9 Å². The first-order valence-corrected chi connectivity index (χ1v) is 7.80. The lowest BCUT2D eigenvalue weighted by atomic mass is 9.84. The van der Waals surface area contributed by atoms with E-state index in [1.54, 1.807) is 6.20 Å². The topological polar surface area (TPSA) is 30.2 Å². The molecule has 106 valence electrons. The Labute approximate surface area is 124 Å². The zero-order valence-corrected chi connectivity index (χ0v) is 12.1. The molecule has 2 heterocycles. The van der Waals surface area contributed by atoms with Crippen molar-refractivity contribution in [3.05, 3.63) is 54.5 Å². The Morgan fingerprint density at radius 2 is 1.71 bits per heavy atom. The standard InChI is InChI=1S/C18H19N3/c1-2-4-14(5-3-1)15-6-8-16(9-7-15)17-12-19-18-10-11-20-21(18)13-17/h6-14H,1-5H2. The van der Waals surface area contributed by atoms with Crippen LogP contribution in [0.25, 0.3) is 16.8 Å². The van der Waals surface area contributed by atoms with E-state index in [0.717, 1.165) is 17.1 Å². The first-order chi connectivity index (χ1) is 10.4. The molecule has 21 heavy (non-hydrogen) atoms. The SMILES string of the molecule is c1cc2ncc(-c3ccc(C4CCCCC4)cc3)cn2n1. The molecular weight excluding hydrogens is 258 g/mol. The fourth-order valence-electron chi connectivity index (χ4n) is 3.34. The summed E-state index contributed by atoms with van der Waals surface area (Å²) in [6, 6.07) is 10.9. The van der Waals surface area contributed by atoms with Gasteiger partial charge in [-0.2, -0.15) is 5.10 Å². The quantitative estimate of drug-likeness (QED) is 0.693. The summed E-state index contributed by atoms with van der Waals surface area (Å²) in [5, 5.41) is 4.25. The largest absolute Gasteiger partial charge is 0.236 e. The van der Waals surface area contributed by atoms with E-state index in [1.165, 1.54) is 43.2 Å². The van der Waals surface area contributed by atoms with E-state index in [4.69, 9.17) is 0 Å². The molecule has 1 fully saturated rings. The van der Waals surface area contributed by atoms with Crippen LogP contribution in [0.5, 0.6) is 0 Å². The molecule has 2 aromatic heterocycles. The third-order valence-electron chi connectivity index (χ3n) is 4.57. The number of benzene rings is 1. The lowest BCUT2D eigenvalue weighted by Crippen LogP contribution is -2.04. The normalized spacial score (nSPS) is 16.4. The summed E-state index contributed by atoms with van der Waals surface area (Å²) >= 11 is 0. The summed E-state index contributed by atoms with van der Waals surface area (Å²) in [5.74, 6) is 0.763. The van der Waals surface area contributed by atoms with E-state index < -0.39 is 0 Å². The lowest BCUT2D eigenvalue weighted by molar-refractivity contribution is 0.443. The van der Waals surface area contributed by atoms with E-state index in [9.17, 15) is 0 Å². The fourth-order valence-corrected chi connectivity index (χ4v) is 3.34. The zero-order chi connectivity index (χ0) is 14.1. The molecule has 0 saturated heterocycles. The highest BCUT2D eigenvalue weighted by Crippen LogP contribution is 2.33. The van der Waals surface area contributed by atoms with Gasteiger partial charge in [-0.1, -0.05) is 43.5 Å². The van der Waals surface area contributed by atoms with E-state index in [2.05, 4.69) is 34.3 Å². The van der Waals surface area contributed by atoms with Crippen molar-refractivity contribution >= 4 is 5.65 Å². The maximum Gasteiger partial charge on any atom is 0.154 e. The Morgan fingerprint density at radius 3 is 2.52 bits per heavy atom. The molecule has 4 rings (SSSR count).